The maximum Gasteiger partial charge on any atom is 0.178 e. The lowest BCUT2D eigenvalue weighted by Crippen LogP contribution is -2.12. The van der Waals surface area contributed by atoms with Crippen molar-refractivity contribution in [2.45, 2.75) is 106 Å². The van der Waals surface area contributed by atoms with Crippen LogP contribution in [-0.4, -0.2) is 11.0 Å². The topological polar surface area (TPSA) is 34.1 Å². The molecule has 22 heavy (non-hydrogen) atoms. The number of hydrogen-bond donors (Lipinski definition) is 1. The zero-order chi connectivity index (χ0) is 16.7. The van der Waals surface area contributed by atoms with E-state index < -0.39 is 13.3 Å². The van der Waals surface area contributed by atoms with Crippen molar-refractivity contribution in [1.82, 2.24) is 0 Å². The highest BCUT2D eigenvalue weighted by molar-refractivity contribution is 9.27. The Morgan fingerprint density at radius 1 is 0.636 bits per heavy atom. The molecule has 0 radical (unpaired) electrons. The van der Waals surface area contributed by atoms with Gasteiger partial charge in [-0.15, -0.1) is 0 Å². The number of alkyl halides is 2. The van der Waals surface area contributed by atoms with Gasteiger partial charge in [-0.1, -0.05) is 129 Å². The molecule has 2 nitrogen and oxygen atoms in total. The minimum atomic E-state index is -2.45. The molecule has 0 saturated heterocycles. The SMILES string of the molecule is CCCCCCCCCCCCCCCCC(Br)(Br)[SH](=O)=O. The first-order valence-corrected chi connectivity index (χ1v) is 11.8. The molecular weight excluding hydrogens is 428 g/mol. The normalized spacial score (nSPS) is 12.2. The van der Waals surface area contributed by atoms with Crippen molar-refractivity contribution in [3.8, 4) is 0 Å². The van der Waals surface area contributed by atoms with Gasteiger partial charge in [0.1, 0.15) is 0 Å². The van der Waals surface area contributed by atoms with Crippen LogP contribution in [0.15, 0.2) is 0 Å². The smallest absolute Gasteiger partial charge is 0.178 e. The van der Waals surface area contributed by atoms with Gasteiger partial charge in [0.2, 0.25) is 0 Å². The molecule has 0 aliphatic carbocycles. The van der Waals surface area contributed by atoms with E-state index in [0.717, 1.165) is 12.8 Å². The molecule has 0 aromatic heterocycles. The third-order valence-corrected chi connectivity index (χ3v) is 7.39. The summed E-state index contributed by atoms with van der Waals surface area (Å²) in [7, 11) is -2.45. The van der Waals surface area contributed by atoms with Gasteiger partial charge >= 0.3 is 0 Å². The van der Waals surface area contributed by atoms with Crippen LogP contribution < -0.4 is 0 Å². The van der Waals surface area contributed by atoms with Gasteiger partial charge in [0.15, 0.2) is 13.3 Å². The molecule has 0 unspecified atom stereocenters. The van der Waals surface area contributed by atoms with Crippen molar-refractivity contribution in [1.29, 1.82) is 0 Å². The average Bonchev–Trinajstić information content (AvgIpc) is 2.47. The Balaban J connectivity index is 3.18. The second kappa shape index (κ2) is 15.4. The Morgan fingerprint density at radius 2 is 0.955 bits per heavy atom. The van der Waals surface area contributed by atoms with Crippen LogP contribution in [0.25, 0.3) is 0 Å². The number of halogens is 2. The third-order valence-electron chi connectivity index (χ3n) is 4.10. The van der Waals surface area contributed by atoms with Crippen molar-refractivity contribution in [2.24, 2.45) is 0 Å². The third kappa shape index (κ3) is 14.5. The molecule has 0 aliphatic rings. The zero-order valence-electron chi connectivity index (χ0n) is 14.1. The number of rotatable bonds is 16. The van der Waals surface area contributed by atoms with E-state index in [1.54, 1.807) is 0 Å². The highest BCUT2D eigenvalue weighted by atomic mass is 79.9. The first-order chi connectivity index (χ1) is 10.5. The summed E-state index contributed by atoms with van der Waals surface area (Å²) in [6, 6.07) is 0. The summed E-state index contributed by atoms with van der Waals surface area (Å²) in [6.07, 6.45) is 19.1. The van der Waals surface area contributed by atoms with E-state index in [1.807, 2.05) is 0 Å². The van der Waals surface area contributed by atoms with Crippen molar-refractivity contribution in [3.63, 3.8) is 0 Å². The van der Waals surface area contributed by atoms with Crippen molar-refractivity contribution in [3.05, 3.63) is 0 Å². The molecule has 0 heterocycles. The molecule has 0 amide bonds. The molecule has 0 N–H and O–H groups in total. The number of unbranched alkanes of at least 4 members (excludes halogenated alkanes) is 13. The van der Waals surface area contributed by atoms with Crippen LogP contribution in [0.2, 0.25) is 0 Å². The molecule has 5 heteroatoms. The summed E-state index contributed by atoms with van der Waals surface area (Å²) in [5.41, 5.74) is 0. The maximum absolute atomic E-state index is 10.9. The fraction of sp³-hybridized carbons (Fsp3) is 1.00. The lowest BCUT2D eigenvalue weighted by molar-refractivity contribution is 0.532. The fourth-order valence-corrected chi connectivity index (χ4v) is 3.52. The molecular formula is C17H34Br2O2S. The molecule has 0 aliphatic heterocycles. The van der Waals surface area contributed by atoms with Gasteiger partial charge in [0.25, 0.3) is 0 Å². The molecule has 0 spiro atoms. The largest absolute Gasteiger partial charge is 0.230 e. The molecule has 0 rings (SSSR count). The highest BCUT2D eigenvalue weighted by Crippen LogP contribution is 2.33. The summed E-state index contributed by atoms with van der Waals surface area (Å²) in [6.45, 7) is 2.27. The summed E-state index contributed by atoms with van der Waals surface area (Å²) >= 11 is 6.41. The second-order valence-corrected chi connectivity index (χ2v) is 12.5. The molecule has 0 bridgehead atoms. The Kier molecular flexibility index (Phi) is 16.1. The Labute approximate surface area is 156 Å². The maximum atomic E-state index is 10.9. The van der Waals surface area contributed by atoms with E-state index in [9.17, 15) is 8.42 Å². The Bertz CT molecular complexity index is 310. The van der Waals surface area contributed by atoms with E-state index >= 15 is 0 Å². The fourth-order valence-electron chi connectivity index (χ4n) is 2.62. The summed E-state index contributed by atoms with van der Waals surface area (Å²) < 4.78 is 21.0. The van der Waals surface area contributed by atoms with Gasteiger partial charge in [-0.2, -0.15) is 0 Å². The average molecular weight is 462 g/mol. The minimum absolute atomic E-state index is 0.643. The van der Waals surface area contributed by atoms with Gasteiger partial charge in [-0.05, 0) is 6.42 Å². The van der Waals surface area contributed by atoms with Crippen LogP contribution in [0.4, 0.5) is 0 Å². The molecule has 0 aromatic rings. The minimum Gasteiger partial charge on any atom is -0.230 e. The first kappa shape index (κ1) is 22.9. The second-order valence-electron chi connectivity index (χ2n) is 6.27. The van der Waals surface area contributed by atoms with Crippen molar-refractivity contribution >= 4 is 42.6 Å². The van der Waals surface area contributed by atoms with E-state index in [2.05, 4.69) is 38.8 Å². The summed E-state index contributed by atoms with van der Waals surface area (Å²) in [4.78, 5) is 0. The molecule has 0 aromatic carbocycles. The van der Waals surface area contributed by atoms with Crippen molar-refractivity contribution in [2.75, 3.05) is 0 Å². The molecule has 134 valence electrons. The molecule has 0 saturated carbocycles. The lowest BCUT2D eigenvalue weighted by Gasteiger charge is -2.12. The van der Waals surface area contributed by atoms with E-state index in [1.165, 1.54) is 77.0 Å². The zero-order valence-corrected chi connectivity index (χ0v) is 18.2. The van der Waals surface area contributed by atoms with Gasteiger partial charge in [0.05, 0.1) is 0 Å². The molecule has 0 atom stereocenters. The van der Waals surface area contributed by atoms with Crippen LogP contribution in [0, 0.1) is 0 Å². The van der Waals surface area contributed by atoms with E-state index in [-0.39, 0.29) is 0 Å². The van der Waals surface area contributed by atoms with Gasteiger partial charge in [0, 0.05) is 0 Å². The van der Waals surface area contributed by atoms with E-state index in [4.69, 9.17) is 0 Å². The monoisotopic (exact) mass is 460 g/mol. The standard InChI is InChI=1S/C17H34Br2O2S/c1-2-3-4-5-6-7-8-9-10-11-12-13-14-15-16-17(18,19)22(20)21/h22H,2-16H2,1H3. The summed E-state index contributed by atoms with van der Waals surface area (Å²) in [5.74, 6) is 0. The number of hydrogen-bond acceptors (Lipinski definition) is 2. The van der Waals surface area contributed by atoms with Crippen LogP contribution in [0.5, 0.6) is 0 Å². The number of thiol groups is 1. The van der Waals surface area contributed by atoms with Crippen LogP contribution in [0.1, 0.15) is 103 Å². The molecule has 0 fully saturated rings. The predicted octanol–water partition coefficient (Wildman–Crippen LogP) is 6.91. The van der Waals surface area contributed by atoms with Crippen molar-refractivity contribution < 1.29 is 8.42 Å². The Hall–Kier alpha value is 0.910. The quantitative estimate of drug-likeness (QED) is 0.154. The first-order valence-electron chi connectivity index (χ1n) is 9.03. The Morgan fingerprint density at radius 3 is 1.27 bits per heavy atom. The van der Waals surface area contributed by atoms with Crippen LogP contribution >= 0.6 is 31.9 Å². The van der Waals surface area contributed by atoms with Gasteiger partial charge in [-0.3, -0.25) is 0 Å². The van der Waals surface area contributed by atoms with Gasteiger partial charge in [-0.25, -0.2) is 8.42 Å². The predicted molar refractivity (Wildman–Crippen MR) is 106 cm³/mol. The van der Waals surface area contributed by atoms with Crippen LogP contribution in [-0.2, 0) is 10.7 Å². The summed E-state index contributed by atoms with van der Waals surface area (Å²) in [5, 5.41) is 0. The lowest BCUT2D eigenvalue weighted by atomic mass is 10.0. The van der Waals surface area contributed by atoms with Gasteiger partial charge < -0.3 is 0 Å². The van der Waals surface area contributed by atoms with Crippen LogP contribution in [0.3, 0.4) is 0 Å². The van der Waals surface area contributed by atoms with E-state index in [0.29, 0.717) is 6.42 Å². The highest BCUT2D eigenvalue weighted by Gasteiger charge is 2.25.